The van der Waals surface area contributed by atoms with Crippen LogP contribution in [-0.2, 0) is 9.53 Å². The van der Waals surface area contributed by atoms with Gasteiger partial charge < -0.3 is 10.1 Å². The van der Waals surface area contributed by atoms with Gasteiger partial charge in [-0.2, -0.15) is 11.8 Å². The molecule has 0 aromatic heterocycles. The highest BCUT2D eigenvalue weighted by Crippen LogP contribution is 2.42. The predicted octanol–water partition coefficient (Wildman–Crippen LogP) is 2.70. The van der Waals surface area contributed by atoms with Crippen LogP contribution in [0, 0.1) is 11.8 Å². The Bertz CT molecular complexity index is 269. The molecule has 1 fully saturated rings. The molecule has 0 amide bonds. The van der Waals surface area contributed by atoms with E-state index in [0.717, 1.165) is 24.3 Å². The van der Waals surface area contributed by atoms with Crippen molar-refractivity contribution in [3.8, 4) is 0 Å². The number of thioether (sulfide) groups is 1. The molecule has 0 aromatic carbocycles. The van der Waals surface area contributed by atoms with Crippen molar-refractivity contribution in [3.05, 3.63) is 0 Å². The maximum Gasteiger partial charge on any atom is 0.327 e. The molecular weight excluding hydrogens is 246 g/mol. The molecule has 1 saturated carbocycles. The van der Waals surface area contributed by atoms with E-state index in [1.807, 2.05) is 25.7 Å². The van der Waals surface area contributed by atoms with Crippen molar-refractivity contribution in [1.29, 1.82) is 0 Å². The summed E-state index contributed by atoms with van der Waals surface area (Å²) in [6.07, 6.45) is 3.48. The zero-order valence-electron chi connectivity index (χ0n) is 12.1. The smallest absolute Gasteiger partial charge is 0.327 e. The summed E-state index contributed by atoms with van der Waals surface area (Å²) in [7, 11) is 1.89. The second kappa shape index (κ2) is 7.39. The fourth-order valence-electron chi connectivity index (χ4n) is 2.10. The summed E-state index contributed by atoms with van der Waals surface area (Å²) in [5.74, 6) is 3.06. The van der Waals surface area contributed by atoms with Gasteiger partial charge in [0.25, 0.3) is 0 Å². The quantitative estimate of drug-likeness (QED) is 0.656. The predicted molar refractivity (Wildman–Crippen MR) is 77.9 cm³/mol. The Morgan fingerprint density at radius 2 is 2.17 bits per heavy atom. The third-order valence-electron chi connectivity index (χ3n) is 3.79. The first-order chi connectivity index (χ1) is 8.60. The molecule has 0 spiro atoms. The van der Waals surface area contributed by atoms with E-state index < -0.39 is 5.54 Å². The number of nitrogens with one attached hydrogen (secondary N) is 1. The number of carbonyl (C=O) groups is 1. The molecule has 0 saturated heterocycles. The molecule has 2 unspecified atom stereocenters. The van der Waals surface area contributed by atoms with Gasteiger partial charge in [0.05, 0.1) is 6.61 Å². The maximum absolute atomic E-state index is 12.2. The standard InChI is InChI=1S/C14H27NO2S/c1-5-11(3)9-18-10-14(15-4,12-7-8-12)13(16)17-6-2/h11-12,15H,5-10H2,1-4H3. The summed E-state index contributed by atoms with van der Waals surface area (Å²) in [6, 6.07) is 0. The van der Waals surface area contributed by atoms with Crippen LogP contribution in [0.2, 0.25) is 0 Å². The minimum absolute atomic E-state index is 0.0633. The molecule has 4 heteroatoms. The van der Waals surface area contributed by atoms with Crippen LogP contribution in [0.4, 0.5) is 0 Å². The van der Waals surface area contributed by atoms with E-state index in [-0.39, 0.29) is 5.97 Å². The lowest BCUT2D eigenvalue weighted by Crippen LogP contribution is -2.55. The number of carbonyl (C=O) groups excluding carboxylic acids is 1. The second-order valence-electron chi connectivity index (χ2n) is 5.24. The van der Waals surface area contributed by atoms with Crippen LogP contribution in [0.3, 0.4) is 0 Å². The van der Waals surface area contributed by atoms with Gasteiger partial charge in [-0.1, -0.05) is 20.3 Å². The fourth-order valence-corrected chi connectivity index (χ4v) is 3.67. The van der Waals surface area contributed by atoms with Crippen molar-refractivity contribution in [2.75, 3.05) is 25.2 Å². The Morgan fingerprint density at radius 3 is 2.61 bits per heavy atom. The van der Waals surface area contributed by atoms with Gasteiger partial charge >= 0.3 is 5.97 Å². The first-order valence-corrected chi connectivity index (χ1v) is 8.20. The minimum Gasteiger partial charge on any atom is -0.465 e. The van der Waals surface area contributed by atoms with Crippen LogP contribution in [0.15, 0.2) is 0 Å². The number of esters is 1. The normalized spacial score (nSPS) is 20.2. The highest BCUT2D eigenvalue weighted by Gasteiger charge is 2.50. The number of rotatable bonds is 9. The first-order valence-electron chi connectivity index (χ1n) is 7.04. The molecule has 3 nitrogen and oxygen atoms in total. The van der Waals surface area contributed by atoms with Crippen LogP contribution >= 0.6 is 11.8 Å². The molecule has 1 rings (SSSR count). The zero-order valence-corrected chi connectivity index (χ0v) is 12.9. The second-order valence-corrected chi connectivity index (χ2v) is 6.27. The van der Waals surface area contributed by atoms with Crippen molar-refractivity contribution < 1.29 is 9.53 Å². The van der Waals surface area contributed by atoms with Gasteiger partial charge in [0.2, 0.25) is 0 Å². The van der Waals surface area contributed by atoms with Gasteiger partial charge in [-0.15, -0.1) is 0 Å². The maximum atomic E-state index is 12.2. The van der Waals surface area contributed by atoms with Crippen LogP contribution in [-0.4, -0.2) is 36.7 Å². The van der Waals surface area contributed by atoms with Crippen molar-refractivity contribution in [1.82, 2.24) is 5.32 Å². The molecule has 106 valence electrons. The van der Waals surface area contributed by atoms with Gasteiger partial charge in [-0.25, -0.2) is 0 Å². The van der Waals surface area contributed by atoms with Gasteiger partial charge in [0.15, 0.2) is 0 Å². The molecule has 0 aliphatic heterocycles. The summed E-state index contributed by atoms with van der Waals surface area (Å²) >= 11 is 1.88. The molecule has 1 aliphatic carbocycles. The third kappa shape index (κ3) is 3.89. The lowest BCUT2D eigenvalue weighted by Gasteiger charge is -2.31. The Labute approximate surface area is 115 Å². The van der Waals surface area contributed by atoms with Crippen molar-refractivity contribution in [2.24, 2.45) is 11.8 Å². The van der Waals surface area contributed by atoms with Gasteiger partial charge in [-0.05, 0) is 44.4 Å². The van der Waals surface area contributed by atoms with Crippen LogP contribution < -0.4 is 5.32 Å². The van der Waals surface area contributed by atoms with Crippen molar-refractivity contribution >= 4 is 17.7 Å². The van der Waals surface area contributed by atoms with E-state index in [0.29, 0.717) is 18.4 Å². The summed E-state index contributed by atoms with van der Waals surface area (Å²) in [4.78, 5) is 12.2. The van der Waals surface area contributed by atoms with E-state index in [4.69, 9.17) is 4.74 Å². The SMILES string of the molecule is CCOC(=O)C(CSCC(C)CC)(NC)C1CC1. The summed E-state index contributed by atoms with van der Waals surface area (Å²) in [5, 5.41) is 3.26. The van der Waals surface area contributed by atoms with E-state index in [2.05, 4.69) is 19.2 Å². The topological polar surface area (TPSA) is 38.3 Å². The van der Waals surface area contributed by atoms with Gasteiger partial charge in [0, 0.05) is 5.75 Å². The summed E-state index contributed by atoms with van der Waals surface area (Å²) in [6.45, 7) is 6.81. The molecule has 0 radical (unpaired) electrons. The van der Waals surface area contributed by atoms with Crippen LogP contribution in [0.25, 0.3) is 0 Å². The lowest BCUT2D eigenvalue weighted by molar-refractivity contribution is -0.150. The minimum atomic E-state index is -0.450. The molecule has 1 N–H and O–H groups in total. The van der Waals surface area contributed by atoms with E-state index in [1.54, 1.807) is 0 Å². The number of ether oxygens (including phenoxy) is 1. The Hall–Kier alpha value is -0.220. The fraction of sp³-hybridized carbons (Fsp3) is 0.929. The van der Waals surface area contributed by atoms with Gasteiger partial charge in [0.1, 0.15) is 5.54 Å². The van der Waals surface area contributed by atoms with Crippen LogP contribution in [0.5, 0.6) is 0 Å². The first kappa shape index (κ1) is 15.8. The number of hydrogen-bond donors (Lipinski definition) is 1. The van der Waals surface area contributed by atoms with E-state index in [1.165, 1.54) is 6.42 Å². The molecule has 2 atom stereocenters. The average molecular weight is 273 g/mol. The number of likely N-dealkylation sites (N-methyl/N-ethyl adjacent to an activating group) is 1. The zero-order chi connectivity index (χ0) is 13.6. The summed E-state index contributed by atoms with van der Waals surface area (Å²) < 4.78 is 5.27. The molecule has 18 heavy (non-hydrogen) atoms. The molecule has 0 aromatic rings. The number of hydrogen-bond acceptors (Lipinski definition) is 4. The van der Waals surface area contributed by atoms with Gasteiger partial charge in [-0.3, -0.25) is 4.79 Å². The average Bonchev–Trinajstić information content (AvgIpc) is 3.19. The molecule has 0 heterocycles. The Morgan fingerprint density at radius 1 is 1.50 bits per heavy atom. The van der Waals surface area contributed by atoms with E-state index in [9.17, 15) is 4.79 Å². The molecule has 0 bridgehead atoms. The van der Waals surface area contributed by atoms with Crippen molar-refractivity contribution in [3.63, 3.8) is 0 Å². The summed E-state index contributed by atoms with van der Waals surface area (Å²) in [5.41, 5.74) is -0.450. The third-order valence-corrected chi connectivity index (χ3v) is 5.25. The monoisotopic (exact) mass is 273 g/mol. The van der Waals surface area contributed by atoms with E-state index >= 15 is 0 Å². The largest absolute Gasteiger partial charge is 0.465 e. The van der Waals surface area contributed by atoms with Crippen molar-refractivity contribution in [2.45, 2.75) is 45.6 Å². The Kier molecular flexibility index (Phi) is 6.50. The Balaban J connectivity index is 2.57. The molecular formula is C14H27NO2S. The highest BCUT2D eigenvalue weighted by molar-refractivity contribution is 7.99. The van der Waals surface area contributed by atoms with Crippen LogP contribution in [0.1, 0.15) is 40.0 Å². The highest BCUT2D eigenvalue weighted by atomic mass is 32.2. The molecule has 1 aliphatic rings. The lowest BCUT2D eigenvalue weighted by atomic mass is 9.96.